The molecule has 2 aromatic rings. The maximum absolute atomic E-state index is 13.7. The van der Waals surface area contributed by atoms with Gasteiger partial charge in [0.25, 0.3) is 5.91 Å². The molecule has 0 aliphatic carbocycles. The summed E-state index contributed by atoms with van der Waals surface area (Å²) < 4.78 is 10.5. The van der Waals surface area contributed by atoms with Crippen LogP contribution in [0.3, 0.4) is 0 Å². The number of aldehydes is 1. The summed E-state index contributed by atoms with van der Waals surface area (Å²) in [5.74, 6) is -1.51. The molecule has 1 aliphatic rings. The maximum atomic E-state index is 13.7. The highest BCUT2D eigenvalue weighted by Crippen LogP contribution is 2.18. The molecule has 1 aromatic heterocycles. The van der Waals surface area contributed by atoms with Gasteiger partial charge >= 0.3 is 12.1 Å². The molecule has 232 valence electrons. The molecule has 1 saturated heterocycles. The number of hydrogen-bond donors (Lipinski definition) is 1. The number of aromatic nitrogens is 2. The molecule has 0 spiro atoms. The summed E-state index contributed by atoms with van der Waals surface area (Å²) in [5, 5.41) is 2.77. The SMILES string of the molecule is CCOC(=O)N1CCN(C(=O)C(CCC(=O)OC(C)(C)C)NC(=O)c2cc(CC(C)C=O)nc(-c3ccccc3)n2)CC1. The molecule has 1 aliphatic heterocycles. The van der Waals surface area contributed by atoms with Gasteiger partial charge in [-0.1, -0.05) is 37.3 Å². The first kappa shape index (κ1) is 33.2. The molecule has 1 N–H and O–H groups in total. The number of nitrogens with one attached hydrogen (secondary N) is 1. The molecular formula is C31H41N5O7. The van der Waals surface area contributed by atoms with Crippen LogP contribution in [0.15, 0.2) is 36.4 Å². The lowest BCUT2D eigenvalue weighted by Gasteiger charge is -2.36. The van der Waals surface area contributed by atoms with Crippen molar-refractivity contribution in [1.29, 1.82) is 0 Å². The van der Waals surface area contributed by atoms with E-state index in [0.717, 1.165) is 6.29 Å². The molecule has 12 heteroatoms. The average molecular weight is 596 g/mol. The van der Waals surface area contributed by atoms with Crippen LogP contribution >= 0.6 is 0 Å². The number of carbonyl (C=O) groups is 5. The summed E-state index contributed by atoms with van der Waals surface area (Å²) in [7, 11) is 0. The van der Waals surface area contributed by atoms with Gasteiger partial charge in [0.15, 0.2) is 5.82 Å². The van der Waals surface area contributed by atoms with E-state index in [1.54, 1.807) is 39.5 Å². The van der Waals surface area contributed by atoms with Crippen LogP contribution in [-0.2, 0) is 30.3 Å². The summed E-state index contributed by atoms with van der Waals surface area (Å²) in [6.07, 6.45) is 0.581. The van der Waals surface area contributed by atoms with E-state index >= 15 is 0 Å². The Balaban J connectivity index is 1.84. The van der Waals surface area contributed by atoms with E-state index in [1.807, 2.05) is 30.3 Å². The molecule has 0 radical (unpaired) electrons. The van der Waals surface area contributed by atoms with E-state index in [-0.39, 0.29) is 63.1 Å². The number of amides is 3. The molecule has 43 heavy (non-hydrogen) atoms. The zero-order chi connectivity index (χ0) is 31.6. The molecule has 1 aromatic carbocycles. The van der Waals surface area contributed by atoms with Crippen molar-refractivity contribution in [2.24, 2.45) is 5.92 Å². The van der Waals surface area contributed by atoms with E-state index in [4.69, 9.17) is 9.47 Å². The van der Waals surface area contributed by atoms with Gasteiger partial charge in [0.2, 0.25) is 5.91 Å². The van der Waals surface area contributed by atoms with Crippen LogP contribution in [0.4, 0.5) is 4.79 Å². The third-order valence-electron chi connectivity index (χ3n) is 6.59. The first-order valence-electron chi connectivity index (χ1n) is 14.5. The highest BCUT2D eigenvalue weighted by molar-refractivity contribution is 5.96. The quantitative estimate of drug-likeness (QED) is 0.306. The Bertz CT molecular complexity index is 1290. The fourth-order valence-corrected chi connectivity index (χ4v) is 4.50. The first-order valence-corrected chi connectivity index (χ1v) is 14.5. The smallest absolute Gasteiger partial charge is 0.409 e. The van der Waals surface area contributed by atoms with Crippen LogP contribution in [-0.4, -0.2) is 94.4 Å². The summed E-state index contributed by atoms with van der Waals surface area (Å²) in [5.41, 5.74) is 0.524. The largest absolute Gasteiger partial charge is 0.460 e. The molecule has 3 rings (SSSR count). The van der Waals surface area contributed by atoms with Gasteiger partial charge in [-0.25, -0.2) is 14.8 Å². The van der Waals surface area contributed by atoms with E-state index in [9.17, 15) is 24.0 Å². The van der Waals surface area contributed by atoms with Crippen molar-refractivity contribution in [3.63, 3.8) is 0 Å². The summed E-state index contributed by atoms with van der Waals surface area (Å²) >= 11 is 0. The Labute approximate surface area is 252 Å². The van der Waals surface area contributed by atoms with Gasteiger partial charge in [0.1, 0.15) is 23.6 Å². The lowest BCUT2D eigenvalue weighted by atomic mass is 10.1. The zero-order valence-electron chi connectivity index (χ0n) is 25.5. The minimum absolute atomic E-state index is 0.00321. The van der Waals surface area contributed by atoms with E-state index < -0.39 is 29.6 Å². The molecule has 2 heterocycles. The number of esters is 1. The molecule has 2 atom stereocenters. The molecule has 3 amide bonds. The van der Waals surface area contributed by atoms with E-state index in [1.165, 1.54) is 11.0 Å². The lowest BCUT2D eigenvalue weighted by Crippen LogP contribution is -2.56. The van der Waals surface area contributed by atoms with Crippen molar-refractivity contribution < 1.29 is 33.4 Å². The second kappa shape index (κ2) is 15.2. The predicted octanol–water partition coefficient (Wildman–Crippen LogP) is 3.04. The average Bonchev–Trinajstić information content (AvgIpc) is 2.98. The van der Waals surface area contributed by atoms with Crippen LogP contribution < -0.4 is 5.32 Å². The molecular weight excluding hydrogens is 554 g/mol. The zero-order valence-corrected chi connectivity index (χ0v) is 25.5. The van der Waals surface area contributed by atoms with Crippen LogP contribution in [0.5, 0.6) is 0 Å². The number of rotatable bonds is 11. The Morgan fingerprint density at radius 2 is 1.67 bits per heavy atom. The first-order chi connectivity index (χ1) is 20.4. The third-order valence-corrected chi connectivity index (χ3v) is 6.59. The Morgan fingerprint density at radius 1 is 1.02 bits per heavy atom. The summed E-state index contributed by atoms with van der Waals surface area (Å²) in [4.78, 5) is 75.3. The van der Waals surface area contributed by atoms with Crippen molar-refractivity contribution in [2.75, 3.05) is 32.8 Å². The Hall–Kier alpha value is -4.35. The third kappa shape index (κ3) is 10.2. The minimum Gasteiger partial charge on any atom is -0.460 e. The fraction of sp³-hybridized carbons (Fsp3) is 0.516. The van der Waals surface area contributed by atoms with Crippen molar-refractivity contribution >= 4 is 30.2 Å². The second-order valence-electron chi connectivity index (χ2n) is 11.4. The van der Waals surface area contributed by atoms with Gasteiger partial charge in [-0.2, -0.15) is 0 Å². The van der Waals surface area contributed by atoms with Gasteiger partial charge in [-0.05, 0) is 46.6 Å². The number of piperazine rings is 1. The van der Waals surface area contributed by atoms with Crippen molar-refractivity contribution in [1.82, 2.24) is 25.1 Å². The normalized spacial score (nSPS) is 14.8. The van der Waals surface area contributed by atoms with E-state index in [2.05, 4.69) is 15.3 Å². The van der Waals surface area contributed by atoms with Gasteiger partial charge in [0, 0.05) is 49.8 Å². The van der Waals surface area contributed by atoms with Crippen LogP contribution in [0.2, 0.25) is 0 Å². The molecule has 0 saturated carbocycles. The number of ether oxygens (including phenoxy) is 2. The fourth-order valence-electron chi connectivity index (χ4n) is 4.50. The number of carbonyl (C=O) groups excluding carboxylic acids is 5. The van der Waals surface area contributed by atoms with Gasteiger partial charge in [-0.3, -0.25) is 14.4 Å². The topological polar surface area (TPSA) is 148 Å². The van der Waals surface area contributed by atoms with Crippen molar-refractivity contribution in [3.8, 4) is 11.4 Å². The highest BCUT2D eigenvalue weighted by Gasteiger charge is 2.32. The summed E-state index contributed by atoms with van der Waals surface area (Å²) in [6.45, 7) is 10.0. The Morgan fingerprint density at radius 3 is 2.28 bits per heavy atom. The molecule has 1 fully saturated rings. The predicted molar refractivity (Wildman–Crippen MR) is 158 cm³/mol. The second-order valence-corrected chi connectivity index (χ2v) is 11.4. The number of hydrogen-bond acceptors (Lipinski definition) is 9. The van der Waals surface area contributed by atoms with Crippen LogP contribution in [0, 0.1) is 5.92 Å². The Kier molecular flexibility index (Phi) is 11.7. The standard InChI is InChI=1S/C31H41N5O7/c1-6-42-30(41)36-16-14-35(15-17-36)29(40)24(12-13-26(38)43-31(3,4)5)34-28(39)25-19-23(18-21(2)20-37)32-27(33-25)22-10-8-7-9-11-22/h7-11,19-21,24H,6,12-18H2,1-5H3,(H,34,39). The van der Waals surface area contributed by atoms with Crippen molar-refractivity contribution in [2.45, 2.75) is 65.5 Å². The lowest BCUT2D eigenvalue weighted by molar-refractivity contribution is -0.155. The monoisotopic (exact) mass is 595 g/mol. The maximum Gasteiger partial charge on any atom is 0.409 e. The van der Waals surface area contributed by atoms with Gasteiger partial charge < -0.3 is 29.4 Å². The van der Waals surface area contributed by atoms with Gasteiger partial charge in [0.05, 0.1) is 6.61 Å². The van der Waals surface area contributed by atoms with Crippen LogP contribution in [0.1, 0.15) is 63.6 Å². The summed E-state index contributed by atoms with van der Waals surface area (Å²) in [6, 6.07) is 9.58. The molecule has 2 unspecified atom stereocenters. The van der Waals surface area contributed by atoms with Gasteiger partial charge in [-0.15, -0.1) is 0 Å². The minimum atomic E-state index is -1.05. The molecule has 0 bridgehead atoms. The number of nitrogens with zero attached hydrogens (tertiary/aromatic N) is 4. The van der Waals surface area contributed by atoms with E-state index in [0.29, 0.717) is 23.5 Å². The van der Waals surface area contributed by atoms with Crippen LogP contribution in [0.25, 0.3) is 11.4 Å². The highest BCUT2D eigenvalue weighted by atomic mass is 16.6. The number of benzene rings is 1. The van der Waals surface area contributed by atoms with Crippen molar-refractivity contribution in [3.05, 3.63) is 47.8 Å². The molecule has 12 nitrogen and oxygen atoms in total.